The van der Waals surface area contributed by atoms with E-state index in [0.717, 1.165) is 29.6 Å². The van der Waals surface area contributed by atoms with E-state index in [1.54, 1.807) is 23.6 Å². The second-order valence-electron chi connectivity index (χ2n) is 6.47. The van der Waals surface area contributed by atoms with Crippen LogP contribution in [0.2, 0.25) is 0 Å². The number of nitrogens with one attached hydrogen (secondary N) is 1. The van der Waals surface area contributed by atoms with Crippen LogP contribution in [0.1, 0.15) is 36.0 Å². The normalized spacial score (nSPS) is 14.4. The summed E-state index contributed by atoms with van der Waals surface area (Å²) in [6, 6.07) is 5.63. The molecule has 1 N–H and O–H groups in total. The number of nitriles is 1. The number of pyridine rings is 1. The summed E-state index contributed by atoms with van der Waals surface area (Å²) in [7, 11) is 0. The molecule has 7 nitrogen and oxygen atoms in total. The number of rotatable bonds is 4. The molecule has 3 heterocycles. The molecular formula is C18H22N6OS. The maximum Gasteiger partial charge on any atom is 0.317 e. The number of hydrogen-bond donors (Lipinski definition) is 1. The highest BCUT2D eigenvalue weighted by Gasteiger charge is 2.22. The van der Waals surface area contributed by atoms with Crippen molar-refractivity contribution in [2.75, 3.05) is 31.1 Å². The van der Waals surface area contributed by atoms with Crippen LogP contribution >= 0.6 is 11.3 Å². The van der Waals surface area contributed by atoms with E-state index < -0.39 is 0 Å². The van der Waals surface area contributed by atoms with Gasteiger partial charge in [0.25, 0.3) is 0 Å². The molecule has 3 rings (SSSR count). The third-order valence-electron chi connectivity index (χ3n) is 4.32. The molecule has 1 fully saturated rings. The number of piperazine rings is 1. The van der Waals surface area contributed by atoms with Crippen molar-refractivity contribution in [3.05, 3.63) is 40.0 Å². The summed E-state index contributed by atoms with van der Waals surface area (Å²) in [5.41, 5.74) is 1.62. The molecule has 136 valence electrons. The van der Waals surface area contributed by atoms with Gasteiger partial charge in [0.2, 0.25) is 0 Å². The van der Waals surface area contributed by atoms with E-state index >= 15 is 0 Å². The zero-order chi connectivity index (χ0) is 18.5. The maximum absolute atomic E-state index is 12.4. The van der Waals surface area contributed by atoms with Crippen LogP contribution in [-0.2, 0) is 6.54 Å². The summed E-state index contributed by atoms with van der Waals surface area (Å²) < 4.78 is 0. The van der Waals surface area contributed by atoms with Gasteiger partial charge in [0, 0.05) is 37.8 Å². The van der Waals surface area contributed by atoms with Gasteiger partial charge in [-0.2, -0.15) is 5.26 Å². The Kier molecular flexibility index (Phi) is 5.68. The van der Waals surface area contributed by atoms with Gasteiger partial charge in [-0.3, -0.25) is 0 Å². The Morgan fingerprint density at radius 2 is 2.12 bits per heavy atom. The molecule has 26 heavy (non-hydrogen) atoms. The van der Waals surface area contributed by atoms with Gasteiger partial charge >= 0.3 is 6.03 Å². The van der Waals surface area contributed by atoms with E-state index in [-0.39, 0.29) is 6.03 Å². The molecule has 1 aliphatic rings. The minimum atomic E-state index is -0.0567. The average Bonchev–Trinajstić information content (AvgIpc) is 3.16. The first-order valence-electron chi connectivity index (χ1n) is 8.65. The molecule has 0 atom stereocenters. The Bertz CT molecular complexity index is 787. The fourth-order valence-electron chi connectivity index (χ4n) is 2.71. The van der Waals surface area contributed by atoms with Gasteiger partial charge in [0.1, 0.15) is 16.9 Å². The molecule has 0 aromatic carbocycles. The zero-order valence-electron chi connectivity index (χ0n) is 15.0. The van der Waals surface area contributed by atoms with E-state index in [0.29, 0.717) is 31.1 Å². The molecule has 2 aromatic heterocycles. The van der Waals surface area contributed by atoms with Crippen LogP contribution in [0, 0.1) is 11.3 Å². The Labute approximate surface area is 157 Å². The largest absolute Gasteiger partial charge is 0.353 e. The highest BCUT2D eigenvalue weighted by Crippen LogP contribution is 2.18. The number of urea groups is 1. The van der Waals surface area contributed by atoms with Crippen molar-refractivity contribution < 1.29 is 4.79 Å². The first-order chi connectivity index (χ1) is 12.6. The van der Waals surface area contributed by atoms with Gasteiger partial charge in [-0.15, -0.1) is 11.3 Å². The number of carbonyl (C=O) groups excluding carboxylic acids is 1. The molecule has 8 heteroatoms. The highest BCUT2D eigenvalue weighted by atomic mass is 32.1. The second kappa shape index (κ2) is 8.15. The van der Waals surface area contributed by atoms with Gasteiger partial charge in [-0.25, -0.2) is 14.8 Å². The average molecular weight is 370 g/mol. The molecule has 0 unspecified atom stereocenters. The predicted molar refractivity (Wildman–Crippen MR) is 101 cm³/mol. The second-order valence-corrected chi connectivity index (χ2v) is 7.41. The van der Waals surface area contributed by atoms with Crippen LogP contribution in [0.4, 0.5) is 10.6 Å². The maximum atomic E-state index is 12.4. The van der Waals surface area contributed by atoms with Crippen molar-refractivity contribution >= 4 is 23.2 Å². The van der Waals surface area contributed by atoms with Crippen molar-refractivity contribution in [1.29, 1.82) is 5.26 Å². The monoisotopic (exact) mass is 370 g/mol. The van der Waals surface area contributed by atoms with E-state index in [2.05, 4.69) is 45.5 Å². The summed E-state index contributed by atoms with van der Waals surface area (Å²) in [6.45, 7) is 7.42. The lowest BCUT2D eigenvalue weighted by Gasteiger charge is -2.35. The molecule has 0 aliphatic carbocycles. The van der Waals surface area contributed by atoms with Crippen molar-refractivity contribution in [2.45, 2.75) is 26.3 Å². The van der Waals surface area contributed by atoms with Gasteiger partial charge in [0.15, 0.2) is 0 Å². The third kappa shape index (κ3) is 4.29. The summed E-state index contributed by atoms with van der Waals surface area (Å²) >= 11 is 1.58. The Balaban J connectivity index is 1.47. The topological polar surface area (TPSA) is 85.2 Å². The van der Waals surface area contributed by atoms with Crippen LogP contribution in [0.25, 0.3) is 0 Å². The van der Waals surface area contributed by atoms with E-state index in [1.807, 2.05) is 11.0 Å². The quantitative estimate of drug-likeness (QED) is 0.894. The smallest absolute Gasteiger partial charge is 0.317 e. The highest BCUT2D eigenvalue weighted by molar-refractivity contribution is 7.09. The molecule has 2 amide bonds. The van der Waals surface area contributed by atoms with Gasteiger partial charge in [-0.05, 0) is 18.1 Å². The number of anilines is 1. The minimum absolute atomic E-state index is 0.0567. The number of nitrogens with zero attached hydrogens (tertiary/aromatic N) is 5. The lowest BCUT2D eigenvalue weighted by atomic mass is 10.2. The number of thiazole rings is 1. The minimum Gasteiger partial charge on any atom is -0.353 e. The number of aromatic nitrogens is 2. The third-order valence-corrected chi connectivity index (χ3v) is 5.19. The number of amides is 2. The molecule has 0 radical (unpaired) electrons. The van der Waals surface area contributed by atoms with E-state index in [4.69, 9.17) is 5.26 Å². The fraction of sp³-hybridized carbons (Fsp3) is 0.444. The fourth-order valence-corrected chi connectivity index (χ4v) is 3.61. The van der Waals surface area contributed by atoms with Crippen LogP contribution < -0.4 is 10.2 Å². The summed E-state index contributed by atoms with van der Waals surface area (Å²) in [5, 5.41) is 14.8. The van der Waals surface area contributed by atoms with Crippen LogP contribution in [0.3, 0.4) is 0 Å². The number of hydrogen-bond acceptors (Lipinski definition) is 6. The lowest BCUT2D eigenvalue weighted by Crippen LogP contribution is -2.51. The van der Waals surface area contributed by atoms with Crippen molar-refractivity contribution in [1.82, 2.24) is 20.2 Å². The summed E-state index contributed by atoms with van der Waals surface area (Å²) in [6.07, 6.45) is 1.58. The van der Waals surface area contributed by atoms with Crippen LogP contribution in [0.15, 0.2) is 23.7 Å². The van der Waals surface area contributed by atoms with Crippen molar-refractivity contribution in [3.63, 3.8) is 0 Å². The molecule has 2 aromatic rings. The standard InChI is InChI=1S/C18H22N6OS/c1-13(2)15-12-26-17(22-15)11-21-18(25)24-7-5-23(6-8-24)16-4-3-14(9-19)10-20-16/h3-4,10,12-13H,5-8,11H2,1-2H3,(H,21,25). The SMILES string of the molecule is CC(C)c1csc(CNC(=O)N2CCN(c3ccc(C#N)cn3)CC2)n1. The lowest BCUT2D eigenvalue weighted by molar-refractivity contribution is 0.194. The van der Waals surface area contributed by atoms with E-state index in [1.165, 1.54) is 0 Å². The first-order valence-corrected chi connectivity index (χ1v) is 9.53. The number of carbonyl (C=O) groups is 1. The van der Waals surface area contributed by atoms with Crippen LogP contribution in [0.5, 0.6) is 0 Å². The molecule has 0 saturated carbocycles. The Morgan fingerprint density at radius 1 is 1.35 bits per heavy atom. The first kappa shape index (κ1) is 18.1. The van der Waals surface area contributed by atoms with E-state index in [9.17, 15) is 4.79 Å². The Morgan fingerprint density at radius 3 is 2.69 bits per heavy atom. The predicted octanol–water partition coefficient (Wildman–Crippen LogP) is 2.56. The van der Waals surface area contributed by atoms with Gasteiger partial charge < -0.3 is 15.1 Å². The Hall–Kier alpha value is -2.66. The summed E-state index contributed by atoms with van der Waals surface area (Å²) in [4.78, 5) is 25.2. The molecule has 1 aliphatic heterocycles. The molecule has 1 saturated heterocycles. The van der Waals surface area contributed by atoms with Crippen molar-refractivity contribution in [3.8, 4) is 6.07 Å². The van der Waals surface area contributed by atoms with Crippen molar-refractivity contribution in [2.24, 2.45) is 0 Å². The molecular weight excluding hydrogens is 348 g/mol. The molecule has 0 spiro atoms. The van der Waals surface area contributed by atoms with Gasteiger partial charge in [-0.1, -0.05) is 13.8 Å². The van der Waals surface area contributed by atoms with Gasteiger partial charge in [0.05, 0.1) is 17.8 Å². The zero-order valence-corrected chi connectivity index (χ0v) is 15.8. The summed E-state index contributed by atoms with van der Waals surface area (Å²) in [5.74, 6) is 1.24. The van der Waals surface area contributed by atoms with Crippen LogP contribution in [-0.4, -0.2) is 47.1 Å². The molecule has 0 bridgehead atoms.